The smallest absolute Gasteiger partial charge is 0.298 e. The quantitative estimate of drug-likeness (QED) is 0.373. The second-order valence-corrected chi connectivity index (χ2v) is 6.45. The Morgan fingerprint density at radius 1 is 1.08 bits per heavy atom. The Labute approximate surface area is 137 Å². The van der Waals surface area contributed by atoms with Gasteiger partial charge in [-0.3, -0.25) is 14.7 Å². The minimum atomic E-state index is -4.58. The van der Waals surface area contributed by atoms with E-state index in [1.54, 1.807) is 26.0 Å². The van der Waals surface area contributed by atoms with Crippen LogP contribution in [-0.2, 0) is 10.1 Å². The van der Waals surface area contributed by atoms with Crippen LogP contribution in [0.1, 0.15) is 11.1 Å². The van der Waals surface area contributed by atoms with Gasteiger partial charge in [0.2, 0.25) is 0 Å². The van der Waals surface area contributed by atoms with Gasteiger partial charge >= 0.3 is 0 Å². The molecule has 0 aliphatic heterocycles. The van der Waals surface area contributed by atoms with E-state index < -0.39 is 25.6 Å². The molecule has 0 amide bonds. The number of nitrogens with zero attached hydrogens (tertiary/aromatic N) is 3. The molecule has 0 unspecified atom stereocenters. The molecular weight excluding hydrogens is 338 g/mol. The Hall–Kier alpha value is -2.85. The van der Waals surface area contributed by atoms with Crippen LogP contribution in [0.4, 0.5) is 17.1 Å². The van der Waals surface area contributed by atoms with E-state index in [1.165, 1.54) is 0 Å². The van der Waals surface area contributed by atoms with Gasteiger partial charge < -0.3 is 5.11 Å². The SMILES string of the molecule is Cc1cc(C)c(O)c(/N=N/c2ccc(S(=O)(=O)O)cc2[N+](=O)[O-])c1. The van der Waals surface area contributed by atoms with E-state index in [-0.39, 0.29) is 17.1 Å². The van der Waals surface area contributed by atoms with Crippen molar-refractivity contribution in [2.24, 2.45) is 10.2 Å². The number of nitro groups is 1. The van der Waals surface area contributed by atoms with Gasteiger partial charge in [-0.25, -0.2) is 0 Å². The molecule has 0 spiro atoms. The Balaban J connectivity index is 2.52. The number of aromatic hydroxyl groups is 1. The lowest BCUT2D eigenvalue weighted by atomic mass is 10.1. The average Bonchev–Trinajstić information content (AvgIpc) is 2.48. The van der Waals surface area contributed by atoms with Gasteiger partial charge in [-0.15, -0.1) is 10.2 Å². The summed E-state index contributed by atoms with van der Waals surface area (Å²) in [7, 11) is -4.58. The van der Waals surface area contributed by atoms with Crippen molar-refractivity contribution in [1.82, 2.24) is 0 Å². The second kappa shape index (κ2) is 6.34. The van der Waals surface area contributed by atoms with E-state index in [0.29, 0.717) is 11.6 Å². The van der Waals surface area contributed by atoms with Crippen molar-refractivity contribution in [3.05, 3.63) is 51.6 Å². The molecule has 10 heteroatoms. The minimum absolute atomic E-state index is 0.110. The molecule has 0 atom stereocenters. The number of nitro benzene ring substituents is 1. The summed E-state index contributed by atoms with van der Waals surface area (Å²) >= 11 is 0. The predicted molar refractivity (Wildman–Crippen MR) is 84.7 cm³/mol. The maximum absolute atomic E-state index is 11.1. The number of hydrogen-bond donors (Lipinski definition) is 2. The van der Waals surface area contributed by atoms with Crippen LogP contribution in [0, 0.1) is 24.0 Å². The highest BCUT2D eigenvalue weighted by atomic mass is 32.2. The molecule has 2 rings (SSSR count). The van der Waals surface area contributed by atoms with Crippen molar-refractivity contribution < 1.29 is 23.0 Å². The average molecular weight is 351 g/mol. The highest BCUT2D eigenvalue weighted by Gasteiger charge is 2.20. The van der Waals surface area contributed by atoms with Gasteiger partial charge in [0, 0.05) is 6.07 Å². The number of phenols is 1. The molecule has 2 aromatic carbocycles. The fourth-order valence-electron chi connectivity index (χ4n) is 2.02. The van der Waals surface area contributed by atoms with Crippen LogP contribution in [-0.4, -0.2) is 23.0 Å². The van der Waals surface area contributed by atoms with Crippen LogP contribution in [0.25, 0.3) is 0 Å². The molecule has 24 heavy (non-hydrogen) atoms. The van der Waals surface area contributed by atoms with Crippen molar-refractivity contribution in [1.29, 1.82) is 0 Å². The van der Waals surface area contributed by atoms with Gasteiger partial charge in [0.25, 0.3) is 15.8 Å². The molecule has 0 radical (unpaired) electrons. The molecule has 2 N–H and O–H groups in total. The first-order valence-corrected chi connectivity index (χ1v) is 8.01. The maximum atomic E-state index is 11.1. The molecule has 0 fully saturated rings. The zero-order valence-corrected chi connectivity index (χ0v) is 13.5. The van der Waals surface area contributed by atoms with Crippen molar-refractivity contribution in [2.75, 3.05) is 0 Å². The van der Waals surface area contributed by atoms with E-state index in [4.69, 9.17) is 4.55 Å². The first-order chi connectivity index (χ1) is 11.1. The Bertz CT molecular complexity index is 953. The molecule has 0 saturated heterocycles. The highest BCUT2D eigenvalue weighted by Crippen LogP contribution is 2.35. The highest BCUT2D eigenvalue weighted by molar-refractivity contribution is 7.85. The molecule has 0 heterocycles. The molecule has 9 nitrogen and oxygen atoms in total. The molecule has 0 aliphatic carbocycles. The fourth-order valence-corrected chi connectivity index (χ4v) is 2.52. The fraction of sp³-hybridized carbons (Fsp3) is 0.143. The predicted octanol–water partition coefficient (Wildman–Crippen LogP) is 3.58. The number of azo groups is 1. The number of aryl methyl sites for hydroxylation is 2. The third-order valence-corrected chi connectivity index (χ3v) is 3.98. The van der Waals surface area contributed by atoms with Crippen molar-refractivity contribution in [2.45, 2.75) is 18.7 Å². The number of phenolic OH excluding ortho intramolecular Hbond substituents is 1. The lowest BCUT2D eigenvalue weighted by molar-refractivity contribution is -0.384. The number of benzene rings is 2. The van der Waals surface area contributed by atoms with Crippen LogP contribution >= 0.6 is 0 Å². The van der Waals surface area contributed by atoms with Crippen LogP contribution in [0.5, 0.6) is 5.75 Å². The van der Waals surface area contributed by atoms with Crippen LogP contribution in [0.15, 0.2) is 45.5 Å². The molecule has 0 aliphatic rings. The summed E-state index contributed by atoms with van der Waals surface area (Å²) in [4.78, 5) is 9.60. The lowest BCUT2D eigenvalue weighted by Gasteiger charge is -2.04. The molecule has 0 aromatic heterocycles. The maximum Gasteiger partial charge on any atom is 0.298 e. The zero-order valence-electron chi connectivity index (χ0n) is 12.7. The molecule has 0 saturated carbocycles. The van der Waals surface area contributed by atoms with Gasteiger partial charge in [-0.05, 0) is 43.2 Å². The third kappa shape index (κ3) is 3.73. The Morgan fingerprint density at radius 3 is 2.29 bits per heavy atom. The van der Waals surface area contributed by atoms with Crippen molar-refractivity contribution in [3.8, 4) is 5.75 Å². The van der Waals surface area contributed by atoms with E-state index in [2.05, 4.69) is 10.2 Å². The van der Waals surface area contributed by atoms with Crippen LogP contribution in [0.3, 0.4) is 0 Å². The largest absolute Gasteiger partial charge is 0.505 e. The molecule has 0 bridgehead atoms. The zero-order chi connectivity index (χ0) is 18.1. The van der Waals surface area contributed by atoms with Gasteiger partial charge in [-0.2, -0.15) is 8.42 Å². The summed E-state index contributed by atoms with van der Waals surface area (Å²) in [5.74, 6) is -0.110. The Kier molecular flexibility index (Phi) is 4.62. The summed E-state index contributed by atoms with van der Waals surface area (Å²) in [5, 5.41) is 28.5. The Morgan fingerprint density at radius 2 is 1.71 bits per heavy atom. The van der Waals surface area contributed by atoms with Crippen molar-refractivity contribution in [3.63, 3.8) is 0 Å². The third-order valence-electron chi connectivity index (χ3n) is 3.13. The normalized spacial score (nSPS) is 11.8. The summed E-state index contributed by atoms with van der Waals surface area (Å²) in [6, 6.07) is 5.98. The number of hydrogen-bond acceptors (Lipinski definition) is 7. The first kappa shape index (κ1) is 17.5. The second-order valence-electron chi connectivity index (χ2n) is 5.03. The van der Waals surface area contributed by atoms with Gasteiger partial charge in [-0.1, -0.05) is 6.07 Å². The lowest BCUT2D eigenvalue weighted by Crippen LogP contribution is -1.99. The monoisotopic (exact) mass is 351 g/mol. The summed E-state index contributed by atoms with van der Waals surface area (Å²) < 4.78 is 31.1. The van der Waals surface area contributed by atoms with Gasteiger partial charge in [0.1, 0.15) is 16.3 Å². The number of rotatable bonds is 4. The van der Waals surface area contributed by atoms with E-state index in [1.807, 2.05) is 0 Å². The van der Waals surface area contributed by atoms with E-state index in [0.717, 1.165) is 17.7 Å². The van der Waals surface area contributed by atoms with E-state index >= 15 is 0 Å². The standard InChI is InChI=1S/C14H13N3O6S/c1-8-5-9(2)14(18)12(6-8)16-15-11-4-3-10(24(21,22)23)7-13(11)17(19)20/h3-7,18H,1-2H3,(H,21,22,23)/b16-15+. The first-order valence-electron chi connectivity index (χ1n) is 6.57. The van der Waals surface area contributed by atoms with Gasteiger partial charge in [0.05, 0.1) is 4.92 Å². The van der Waals surface area contributed by atoms with Crippen molar-refractivity contribution >= 4 is 27.2 Å². The van der Waals surface area contributed by atoms with Crippen LogP contribution in [0.2, 0.25) is 0 Å². The summed E-state index contributed by atoms with van der Waals surface area (Å²) in [6.45, 7) is 3.46. The minimum Gasteiger partial charge on any atom is -0.505 e. The topological polar surface area (TPSA) is 142 Å². The molecule has 2 aromatic rings. The molecular formula is C14H13N3O6S. The van der Waals surface area contributed by atoms with E-state index in [9.17, 15) is 23.6 Å². The van der Waals surface area contributed by atoms with Crippen LogP contribution < -0.4 is 0 Å². The molecule has 126 valence electrons. The summed E-state index contributed by atoms with van der Waals surface area (Å²) in [5.41, 5.74) is 0.653. The summed E-state index contributed by atoms with van der Waals surface area (Å²) in [6.07, 6.45) is 0. The van der Waals surface area contributed by atoms with Gasteiger partial charge in [0.15, 0.2) is 5.69 Å².